The van der Waals surface area contributed by atoms with Crippen molar-refractivity contribution >= 4 is 17.8 Å². The number of benzene rings is 1. The molecule has 3 amide bonds. The predicted octanol–water partition coefficient (Wildman–Crippen LogP) is 3.93. The van der Waals surface area contributed by atoms with Crippen LogP contribution in [0.25, 0.3) is 11.5 Å². The van der Waals surface area contributed by atoms with Crippen molar-refractivity contribution in [2.24, 2.45) is 0 Å². The Morgan fingerprint density at radius 2 is 2.00 bits per heavy atom. The number of ether oxygens (including phenoxy) is 2. The fourth-order valence-electron chi connectivity index (χ4n) is 3.68. The van der Waals surface area contributed by atoms with Gasteiger partial charge in [0.05, 0.1) is 12.1 Å². The molecule has 174 valence electrons. The standard InChI is InChI=1S/C22H31N5O5/c1-13-8-9-15(18-26-24-12-30-18)10-16(13)25-19(28)23-11-17-14(2)31-22(6,7)27(17)20(29)32-21(3,4)5/h8-10,12,14,17H,11H2,1-7H3,(H2,23,25,28)/t14-,17+/m1/s1. The molecule has 10 heteroatoms. The second-order valence-electron chi connectivity index (χ2n) is 9.30. The van der Waals surface area contributed by atoms with Crippen LogP contribution in [0.5, 0.6) is 0 Å². The van der Waals surface area contributed by atoms with Gasteiger partial charge in [-0.15, -0.1) is 10.2 Å². The van der Waals surface area contributed by atoms with E-state index in [9.17, 15) is 9.59 Å². The molecule has 0 unspecified atom stereocenters. The summed E-state index contributed by atoms with van der Waals surface area (Å²) in [6.07, 6.45) is 0.472. The summed E-state index contributed by atoms with van der Waals surface area (Å²) >= 11 is 0. The van der Waals surface area contributed by atoms with E-state index < -0.39 is 29.5 Å². The summed E-state index contributed by atoms with van der Waals surface area (Å²) < 4.78 is 16.7. The number of hydrogen-bond acceptors (Lipinski definition) is 7. The Morgan fingerprint density at radius 1 is 1.28 bits per heavy atom. The summed E-state index contributed by atoms with van der Waals surface area (Å²) in [5, 5.41) is 13.2. The number of carbonyl (C=O) groups excluding carboxylic acids is 2. The second kappa shape index (κ2) is 8.78. The van der Waals surface area contributed by atoms with Crippen LogP contribution in [0, 0.1) is 6.92 Å². The largest absolute Gasteiger partial charge is 0.444 e. The molecular formula is C22H31N5O5. The molecule has 0 aliphatic carbocycles. The Labute approximate surface area is 187 Å². The quantitative estimate of drug-likeness (QED) is 0.732. The molecule has 2 N–H and O–H groups in total. The van der Waals surface area contributed by atoms with Crippen LogP contribution in [0.15, 0.2) is 29.0 Å². The maximum Gasteiger partial charge on any atom is 0.412 e. The minimum Gasteiger partial charge on any atom is -0.444 e. The van der Waals surface area contributed by atoms with Crippen molar-refractivity contribution in [1.82, 2.24) is 20.4 Å². The van der Waals surface area contributed by atoms with E-state index in [-0.39, 0.29) is 12.6 Å². The number of rotatable bonds is 4. The first kappa shape index (κ1) is 23.5. The third-order valence-electron chi connectivity index (χ3n) is 5.08. The maximum atomic E-state index is 12.8. The van der Waals surface area contributed by atoms with Crippen LogP contribution in [0.2, 0.25) is 0 Å². The topological polar surface area (TPSA) is 119 Å². The molecule has 3 rings (SSSR count). The fraction of sp³-hybridized carbons (Fsp3) is 0.545. The molecule has 2 aromatic rings. The third kappa shape index (κ3) is 5.37. The summed E-state index contributed by atoms with van der Waals surface area (Å²) in [4.78, 5) is 27.0. The van der Waals surface area contributed by atoms with Gasteiger partial charge in [0.1, 0.15) is 11.3 Å². The van der Waals surface area contributed by atoms with Crippen molar-refractivity contribution in [3.63, 3.8) is 0 Å². The van der Waals surface area contributed by atoms with Crippen LogP contribution < -0.4 is 10.6 Å². The van der Waals surface area contributed by atoms with Gasteiger partial charge in [0.2, 0.25) is 12.3 Å². The van der Waals surface area contributed by atoms with E-state index in [0.29, 0.717) is 17.1 Å². The van der Waals surface area contributed by atoms with E-state index in [2.05, 4.69) is 20.8 Å². The average Bonchev–Trinajstić information content (AvgIpc) is 3.26. The number of urea groups is 1. The summed E-state index contributed by atoms with van der Waals surface area (Å²) in [5.41, 5.74) is 0.671. The van der Waals surface area contributed by atoms with Crippen molar-refractivity contribution in [3.05, 3.63) is 30.2 Å². The normalized spacial score (nSPS) is 20.2. The lowest BCUT2D eigenvalue weighted by molar-refractivity contribution is -0.0756. The number of nitrogens with one attached hydrogen (secondary N) is 2. The highest BCUT2D eigenvalue weighted by Gasteiger charge is 2.49. The van der Waals surface area contributed by atoms with Crippen molar-refractivity contribution in [3.8, 4) is 11.5 Å². The highest BCUT2D eigenvalue weighted by molar-refractivity contribution is 5.91. The molecule has 1 fully saturated rings. The van der Waals surface area contributed by atoms with Crippen LogP contribution in [0.1, 0.15) is 47.1 Å². The molecule has 2 heterocycles. The second-order valence-corrected chi connectivity index (χ2v) is 9.30. The zero-order valence-electron chi connectivity index (χ0n) is 19.6. The Bertz CT molecular complexity index is 968. The molecule has 1 aromatic heterocycles. The van der Waals surface area contributed by atoms with Crippen molar-refractivity contribution in [2.75, 3.05) is 11.9 Å². The number of anilines is 1. The van der Waals surface area contributed by atoms with Crippen molar-refractivity contribution < 1.29 is 23.5 Å². The monoisotopic (exact) mass is 445 g/mol. The number of nitrogens with zero attached hydrogens (tertiary/aromatic N) is 3. The Kier molecular flexibility index (Phi) is 6.45. The molecule has 1 aliphatic heterocycles. The molecule has 2 atom stereocenters. The highest BCUT2D eigenvalue weighted by Crippen LogP contribution is 2.33. The molecule has 1 aromatic carbocycles. The Hall–Kier alpha value is -3.14. The van der Waals surface area contributed by atoms with Gasteiger partial charge in [0.15, 0.2) is 0 Å². The van der Waals surface area contributed by atoms with Crippen LogP contribution in [-0.4, -0.2) is 57.2 Å². The Morgan fingerprint density at radius 3 is 2.62 bits per heavy atom. The summed E-state index contributed by atoms with van der Waals surface area (Å²) in [7, 11) is 0. The molecule has 0 radical (unpaired) electrons. The summed E-state index contributed by atoms with van der Waals surface area (Å²) in [6, 6.07) is 4.66. The lowest BCUT2D eigenvalue weighted by atomic mass is 10.1. The van der Waals surface area contributed by atoms with Gasteiger partial charge in [-0.25, -0.2) is 9.59 Å². The predicted molar refractivity (Wildman–Crippen MR) is 118 cm³/mol. The van der Waals surface area contributed by atoms with Crippen molar-refractivity contribution in [1.29, 1.82) is 0 Å². The van der Waals surface area contributed by atoms with E-state index in [1.54, 1.807) is 24.8 Å². The minimum absolute atomic E-state index is 0.193. The Balaban J connectivity index is 1.68. The minimum atomic E-state index is -0.862. The first-order chi connectivity index (χ1) is 14.9. The van der Waals surface area contributed by atoms with E-state index in [1.165, 1.54) is 6.39 Å². The van der Waals surface area contributed by atoms with Crippen molar-refractivity contribution in [2.45, 2.75) is 71.9 Å². The number of aromatic nitrogens is 2. The zero-order chi connectivity index (χ0) is 23.7. The molecule has 32 heavy (non-hydrogen) atoms. The van der Waals surface area contributed by atoms with E-state index >= 15 is 0 Å². The number of carbonyl (C=O) groups is 2. The van der Waals surface area contributed by atoms with Gasteiger partial charge in [-0.1, -0.05) is 6.07 Å². The van der Waals surface area contributed by atoms with Gasteiger partial charge in [-0.2, -0.15) is 0 Å². The molecule has 10 nitrogen and oxygen atoms in total. The molecule has 0 bridgehead atoms. The average molecular weight is 446 g/mol. The van der Waals surface area contributed by atoms with Gasteiger partial charge in [0, 0.05) is 17.8 Å². The van der Waals surface area contributed by atoms with Gasteiger partial charge >= 0.3 is 12.1 Å². The first-order valence-electron chi connectivity index (χ1n) is 10.5. The molecule has 0 spiro atoms. The molecule has 1 aliphatic rings. The van der Waals surface area contributed by atoms with E-state index in [1.807, 2.05) is 46.8 Å². The maximum absolute atomic E-state index is 12.8. The van der Waals surface area contributed by atoms with Crippen LogP contribution in [0.4, 0.5) is 15.3 Å². The summed E-state index contributed by atoms with van der Waals surface area (Å²) in [5.74, 6) is 0.362. The van der Waals surface area contributed by atoms with Gasteiger partial charge in [-0.3, -0.25) is 4.90 Å². The SMILES string of the molecule is Cc1ccc(-c2nnco2)cc1NC(=O)NC[C@H]1[C@@H](C)OC(C)(C)N1C(=O)OC(C)(C)C. The lowest BCUT2D eigenvalue weighted by Gasteiger charge is -2.35. The third-order valence-corrected chi connectivity index (χ3v) is 5.08. The highest BCUT2D eigenvalue weighted by atomic mass is 16.6. The number of hydrogen-bond donors (Lipinski definition) is 2. The van der Waals surface area contributed by atoms with E-state index in [0.717, 1.165) is 5.56 Å². The van der Waals surface area contributed by atoms with Gasteiger partial charge in [-0.05, 0) is 66.2 Å². The zero-order valence-corrected chi connectivity index (χ0v) is 19.6. The van der Waals surface area contributed by atoms with E-state index in [4.69, 9.17) is 13.9 Å². The first-order valence-corrected chi connectivity index (χ1v) is 10.5. The number of amides is 3. The van der Waals surface area contributed by atoms with Gasteiger partial charge < -0.3 is 24.5 Å². The number of aryl methyl sites for hydroxylation is 1. The molecule has 0 saturated carbocycles. The van der Waals surface area contributed by atoms with Gasteiger partial charge in [0.25, 0.3) is 0 Å². The smallest absolute Gasteiger partial charge is 0.412 e. The van der Waals surface area contributed by atoms with Crippen LogP contribution in [-0.2, 0) is 9.47 Å². The molecule has 1 saturated heterocycles. The molecular weight excluding hydrogens is 414 g/mol. The fourth-order valence-corrected chi connectivity index (χ4v) is 3.68. The van der Waals surface area contributed by atoms with Crippen LogP contribution in [0.3, 0.4) is 0 Å². The van der Waals surface area contributed by atoms with Crippen LogP contribution >= 0.6 is 0 Å². The lowest BCUT2D eigenvalue weighted by Crippen LogP contribution is -2.53. The summed E-state index contributed by atoms with van der Waals surface area (Å²) in [6.45, 7) is 13.0.